The third-order valence-corrected chi connectivity index (χ3v) is 5.60. The van der Waals surface area contributed by atoms with Crippen molar-refractivity contribution in [2.75, 3.05) is 6.61 Å². The van der Waals surface area contributed by atoms with Crippen LogP contribution >= 0.6 is 0 Å². The molecular weight excluding hydrogens is 324 g/mol. The Morgan fingerprint density at radius 1 is 1.00 bits per heavy atom. The van der Waals surface area contributed by atoms with Crippen molar-refractivity contribution in [2.45, 2.75) is 31.7 Å². The molecule has 4 heteroatoms. The molecule has 1 aliphatic carbocycles. The highest BCUT2D eigenvalue weighted by molar-refractivity contribution is 5.99. The summed E-state index contributed by atoms with van der Waals surface area (Å²) in [6, 6.07) is 18.9. The van der Waals surface area contributed by atoms with Gasteiger partial charge in [0, 0.05) is 23.1 Å². The van der Waals surface area contributed by atoms with Gasteiger partial charge in [0.1, 0.15) is 0 Å². The lowest BCUT2D eigenvalue weighted by molar-refractivity contribution is -0.332. The minimum atomic E-state index is -0.967. The van der Waals surface area contributed by atoms with Crippen molar-refractivity contribution in [2.24, 2.45) is 11.1 Å². The Balaban J connectivity index is 1.63. The number of hydrogen-bond acceptors (Lipinski definition) is 4. The van der Waals surface area contributed by atoms with E-state index in [1.165, 1.54) is 5.56 Å². The molecule has 0 amide bonds. The Bertz CT molecular complexity index is 859. The highest BCUT2D eigenvalue weighted by Crippen LogP contribution is 2.46. The van der Waals surface area contributed by atoms with Gasteiger partial charge in [-0.1, -0.05) is 65.3 Å². The van der Waals surface area contributed by atoms with Crippen LogP contribution in [0.3, 0.4) is 0 Å². The summed E-state index contributed by atoms with van der Waals surface area (Å²) < 4.78 is 6.39. The zero-order valence-corrected chi connectivity index (χ0v) is 14.8. The van der Waals surface area contributed by atoms with Gasteiger partial charge in [-0.15, -0.1) is 0 Å². The molecule has 0 saturated carbocycles. The van der Waals surface area contributed by atoms with E-state index >= 15 is 0 Å². The second kappa shape index (κ2) is 5.99. The largest absolute Gasteiger partial charge is 0.348 e. The minimum absolute atomic E-state index is 0.316. The van der Waals surface area contributed by atoms with E-state index in [4.69, 9.17) is 9.57 Å². The maximum atomic E-state index is 6.39. The second-order valence-corrected chi connectivity index (χ2v) is 7.27. The molecule has 0 spiro atoms. The first-order chi connectivity index (χ1) is 12.8. The van der Waals surface area contributed by atoms with Gasteiger partial charge in [-0.05, 0) is 31.9 Å². The number of hydrogen-bond donors (Lipinski definition) is 0. The van der Waals surface area contributed by atoms with Crippen molar-refractivity contribution >= 4 is 5.84 Å². The van der Waals surface area contributed by atoms with Crippen LogP contribution in [0.15, 0.2) is 71.9 Å². The minimum Gasteiger partial charge on any atom is -0.332 e. The predicted molar refractivity (Wildman–Crippen MR) is 100 cm³/mol. The predicted octanol–water partition coefficient (Wildman–Crippen LogP) is 4.16. The second-order valence-electron chi connectivity index (χ2n) is 7.27. The van der Waals surface area contributed by atoms with Crippen LogP contribution in [0.2, 0.25) is 0 Å². The molecule has 2 aromatic carbocycles. The van der Waals surface area contributed by atoms with Crippen LogP contribution in [0.25, 0.3) is 0 Å². The first kappa shape index (κ1) is 15.6. The van der Waals surface area contributed by atoms with E-state index in [2.05, 4.69) is 65.5 Å². The number of fused-ring (bicyclic) bond motifs is 3. The van der Waals surface area contributed by atoms with E-state index in [0.717, 1.165) is 29.8 Å². The van der Waals surface area contributed by atoms with Gasteiger partial charge in [-0.2, -0.15) is 0 Å². The lowest BCUT2D eigenvalue weighted by atomic mass is 9.85. The van der Waals surface area contributed by atoms with Crippen molar-refractivity contribution in [3.63, 3.8) is 0 Å². The molecule has 3 aliphatic rings. The SMILES string of the molecule is Cc1ccc([C@]23OC[C@@H]4CC=CC[C@@H]4N2C(c2ccccc2)=NO3)cc1. The highest BCUT2D eigenvalue weighted by atomic mass is 16.8. The third kappa shape index (κ3) is 2.29. The van der Waals surface area contributed by atoms with Crippen LogP contribution in [-0.2, 0) is 15.5 Å². The molecule has 5 rings (SSSR count). The average Bonchev–Trinajstić information content (AvgIpc) is 3.10. The summed E-state index contributed by atoms with van der Waals surface area (Å²) in [6.07, 6.45) is 6.55. The molecule has 4 nitrogen and oxygen atoms in total. The van der Waals surface area contributed by atoms with E-state index in [1.807, 2.05) is 18.2 Å². The van der Waals surface area contributed by atoms with Crippen molar-refractivity contribution in [1.82, 2.24) is 4.90 Å². The standard InChI is InChI=1S/C22H22N2O2/c1-16-11-13-19(14-12-16)22-24(20-10-6-5-9-18(20)15-25-22)21(23-26-22)17-7-3-2-4-8-17/h2-8,11-14,18,20H,9-10,15H2,1H3/t18-,20-,22+/m0/s1. The number of oxime groups is 1. The van der Waals surface area contributed by atoms with Crippen LogP contribution in [0.4, 0.5) is 0 Å². The number of nitrogens with zero attached hydrogens (tertiary/aromatic N) is 2. The molecule has 3 atom stereocenters. The van der Waals surface area contributed by atoms with Crippen LogP contribution in [-0.4, -0.2) is 23.4 Å². The molecule has 132 valence electrons. The summed E-state index contributed by atoms with van der Waals surface area (Å²) in [7, 11) is 0. The fourth-order valence-corrected chi connectivity index (χ4v) is 4.19. The van der Waals surface area contributed by atoms with Gasteiger partial charge in [0.05, 0.1) is 6.61 Å². The van der Waals surface area contributed by atoms with E-state index in [0.29, 0.717) is 18.6 Å². The number of aryl methyl sites for hydroxylation is 1. The summed E-state index contributed by atoms with van der Waals surface area (Å²) in [5.41, 5.74) is 3.26. The molecule has 0 N–H and O–H groups in total. The van der Waals surface area contributed by atoms with Crippen molar-refractivity contribution in [3.8, 4) is 0 Å². The number of rotatable bonds is 2. The molecule has 0 aromatic heterocycles. The molecule has 1 saturated heterocycles. The van der Waals surface area contributed by atoms with Gasteiger partial charge in [0.2, 0.25) is 0 Å². The Hall–Kier alpha value is -2.59. The number of benzene rings is 2. The summed E-state index contributed by atoms with van der Waals surface area (Å²) in [4.78, 5) is 8.32. The molecule has 0 radical (unpaired) electrons. The highest BCUT2D eigenvalue weighted by Gasteiger charge is 2.57. The topological polar surface area (TPSA) is 34.1 Å². The Kier molecular flexibility index (Phi) is 3.61. The van der Waals surface area contributed by atoms with Crippen LogP contribution in [0, 0.1) is 12.8 Å². The fraction of sp³-hybridized carbons (Fsp3) is 0.318. The quantitative estimate of drug-likeness (QED) is 0.766. The van der Waals surface area contributed by atoms with Gasteiger partial charge in [0.25, 0.3) is 0 Å². The normalized spacial score (nSPS) is 29.6. The van der Waals surface area contributed by atoms with Crippen molar-refractivity contribution < 1.29 is 9.57 Å². The number of ether oxygens (including phenoxy) is 1. The van der Waals surface area contributed by atoms with E-state index in [9.17, 15) is 0 Å². The Morgan fingerprint density at radius 3 is 2.58 bits per heavy atom. The number of allylic oxidation sites excluding steroid dienone is 1. The Labute approximate surface area is 153 Å². The summed E-state index contributed by atoms with van der Waals surface area (Å²) in [5.74, 6) is 0.343. The smallest absolute Gasteiger partial charge is 0.332 e. The van der Waals surface area contributed by atoms with Crippen molar-refractivity contribution in [1.29, 1.82) is 0 Å². The summed E-state index contributed by atoms with van der Waals surface area (Å²) in [6.45, 7) is 2.77. The van der Waals surface area contributed by atoms with Gasteiger partial charge in [-0.25, -0.2) is 0 Å². The fourth-order valence-electron chi connectivity index (χ4n) is 4.19. The Morgan fingerprint density at radius 2 is 1.77 bits per heavy atom. The zero-order chi connectivity index (χ0) is 17.6. The maximum Gasteiger partial charge on any atom is 0.348 e. The van der Waals surface area contributed by atoms with Crippen LogP contribution < -0.4 is 0 Å². The van der Waals surface area contributed by atoms with E-state index in [1.54, 1.807) is 0 Å². The summed E-state index contributed by atoms with van der Waals surface area (Å²) >= 11 is 0. The van der Waals surface area contributed by atoms with Gasteiger partial charge in [0.15, 0.2) is 5.84 Å². The third-order valence-electron chi connectivity index (χ3n) is 5.60. The monoisotopic (exact) mass is 346 g/mol. The molecule has 1 fully saturated rings. The molecule has 2 heterocycles. The summed E-state index contributed by atoms with van der Waals surface area (Å²) in [5, 5.41) is 4.51. The van der Waals surface area contributed by atoms with Crippen LogP contribution in [0.1, 0.15) is 29.5 Å². The zero-order valence-electron chi connectivity index (χ0n) is 14.8. The van der Waals surface area contributed by atoms with E-state index in [-0.39, 0.29) is 0 Å². The maximum absolute atomic E-state index is 6.39. The molecule has 0 unspecified atom stereocenters. The van der Waals surface area contributed by atoms with Gasteiger partial charge >= 0.3 is 5.91 Å². The molecule has 2 aliphatic heterocycles. The molecular formula is C22H22N2O2. The first-order valence-corrected chi connectivity index (χ1v) is 9.25. The van der Waals surface area contributed by atoms with Crippen molar-refractivity contribution in [3.05, 3.63) is 83.4 Å². The molecule has 0 bridgehead atoms. The van der Waals surface area contributed by atoms with Gasteiger partial charge < -0.3 is 9.57 Å². The number of amidine groups is 1. The first-order valence-electron chi connectivity index (χ1n) is 9.25. The molecule has 2 aromatic rings. The lowest BCUT2D eigenvalue weighted by Gasteiger charge is -2.49. The lowest BCUT2D eigenvalue weighted by Crippen LogP contribution is -2.61. The molecule has 26 heavy (non-hydrogen) atoms. The van der Waals surface area contributed by atoms with Crippen LogP contribution in [0.5, 0.6) is 0 Å². The average molecular weight is 346 g/mol. The van der Waals surface area contributed by atoms with E-state index < -0.39 is 5.91 Å². The van der Waals surface area contributed by atoms with Gasteiger partial charge in [-0.3, -0.25) is 4.90 Å².